The van der Waals surface area contributed by atoms with Crippen LogP contribution in [0, 0.1) is 11.3 Å². The molecule has 0 spiro atoms. The fourth-order valence-electron chi connectivity index (χ4n) is 5.67. The smallest absolute Gasteiger partial charge is 0.191 e. The Labute approximate surface area is 181 Å². The summed E-state index contributed by atoms with van der Waals surface area (Å²) in [5, 5.41) is 7.22. The molecule has 30 heavy (non-hydrogen) atoms. The van der Waals surface area contributed by atoms with Crippen LogP contribution in [-0.2, 0) is 4.74 Å². The lowest BCUT2D eigenvalue weighted by atomic mass is 9.57. The van der Waals surface area contributed by atoms with Gasteiger partial charge in [-0.15, -0.1) is 0 Å². The van der Waals surface area contributed by atoms with Gasteiger partial charge < -0.3 is 20.1 Å². The summed E-state index contributed by atoms with van der Waals surface area (Å²) >= 11 is 0. The standard InChI is InChI=1S/C24H38N4O2/c1-5-25-23(27-21-18-12-15-30-22(18)24(21,2)3)26-16-19(28-13-8-9-14-28)17-10-6-7-11-20(17)29-4/h6-7,10-11,18-19,21-22H,5,8-9,12-16H2,1-4H3,(H2,25,26,27). The maximum absolute atomic E-state index is 5.97. The molecular formula is C24H38N4O2. The highest BCUT2D eigenvalue weighted by molar-refractivity contribution is 5.80. The zero-order valence-electron chi connectivity index (χ0n) is 19.0. The second kappa shape index (κ2) is 9.15. The van der Waals surface area contributed by atoms with Crippen molar-refractivity contribution in [3.63, 3.8) is 0 Å². The predicted molar refractivity (Wildman–Crippen MR) is 121 cm³/mol. The molecule has 6 heteroatoms. The molecule has 4 unspecified atom stereocenters. The van der Waals surface area contributed by atoms with E-state index in [0.717, 1.165) is 44.4 Å². The summed E-state index contributed by atoms with van der Waals surface area (Å²) in [4.78, 5) is 7.62. The molecule has 4 atom stereocenters. The fourth-order valence-corrected chi connectivity index (χ4v) is 5.67. The highest BCUT2D eigenvalue weighted by Crippen LogP contribution is 2.52. The third-order valence-corrected chi connectivity index (χ3v) is 7.24. The molecule has 4 rings (SSSR count). The first-order chi connectivity index (χ1) is 14.6. The first kappa shape index (κ1) is 21.4. The van der Waals surface area contributed by atoms with Gasteiger partial charge in [0.1, 0.15) is 5.75 Å². The molecular weight excluding hydrogens is 376 g/mol. The number of nitrogens with one attached hydrogen (secondary N) is 2. The minimum Gasteiger partial charge on any atom is -0.496 e. The lowest BCUT2D eigenvalue weighted by Crippen LogP contribution is -2.68. The Bertz CT molecular complexity index is 744. The second-order valence-corrected chi connectivity index (χ2v) is 9.41. The number of para-hydroxylation sites is 1. The molecule has 0 amide bonds. The third-order valence-electron chi connectivity index (χ3n) is 7.24. The van der Waals surface area contributed by atoms with Crippen molar-refractivity contribution in [1.82, 2.24) is 15.5 Å². The number of methoxy groups -OCH3 is 1. The number of rotatable bonds is 7. The maximum Gasteiger partial charge on any atom is 0.191 e. The lowest BCUT2D eigenvalue weighted by Gasteiger charge is -2.55. The number of fused-ring (bicyclic) bond motifs is 1. The van der Waals surface area contributed by atoms with E-state index in [-0.39, 0.29) is 11.5 Å². The predicted octanol–water partition coefficient (Wildman–Crippen LogP) is 3.20. The highest BCUT2D eigenvalue weighted by atomic mass is 16.5. The number of likely N-dealkylation sites (tertiary alicyclic amines) is 1. The largest absolute Gasteiger partial charge is 0.496 e. The van der Waals surface area contributed by atoms with Crippen LogP contribution in [0.15, 0.2) is 29.3 Å². The van der Waals surface area contributed by atoms with Crippen molar-refractivity contribution < 1.29 is 9.47 Å². The van der Waals surface area contributed by atoms with Gasteiger partial charge in [-0.1, -0.05) is 32.0 Å². The van der Waals surface area contributed by atoms with Crippen LogP contribution in [-0.4, -0.2) is 62.9 Å². The third kappa shape index (κ3) is 4.04. The number of guanidine groups is 1. The van der Waals surface area contributed by atoms with E-state index in [4.69, 9.17) is 14.5 Å². The summed E-state index contributed by atoms with van der Waals surface area (Å²) in [7, 11) is 1.76. The van der Waals surface area contributed by atoms with Gasteiger partial charge in [-0.3, -0.25) is 9.89 Å². The van der Waals surface area contributed by atoms with E-state index in [1.807, 2.05) is 6.07 Å². The quantitative estimate of drug-likeness (QED) is 0.530. The average molecular weight is 415 g/mol. The van der Waals surface area contributed by atoms with Crippen molar-refractivity contribution in [3.8, 4) is 5.75 Å². The Kier molecular flexibility index (Phi) is 6.54. The lowest BCUT2D eigenvalue weighted by molar-refractivity contribution is -0.106. The topological polar surface area (TPSA) is 58.1 Å². The Balaban J connectivity index is 1.53. The van der Waals surface area contributed by atoms with E-state index in [9.17, 15) is 0 Å². The SMILES string of the molecule is CCNC(=NCC(c1ccccc1OC)N1CCCC1)NC1C2CCOC2C1(C)C. The van der Waals surface area contributed by atoms with Crippen LogP contribution in [0.5, 0.6) is 5.75 Å². The average Bonchev–Trinajstić information content (AvgIpc) is 3.43. The van der Waals surface area contributed by atoms with Crippen molar-refractivity contribution in [3.05, 3.63) is 29.8 Å². The number of aliphatic imine (C=N–C) groups is 1. The fraction of sp³-hybridized carbons (Fsp3) is 0.708. The molecule has 3 aliphatic rings. The van der Waals surface area contributed by atoms with E-state index in [0.29, 0.717) is 24.6 Å². The van der Waals surface area contributed by atoms with Gasteiger partial charge in [0.05, 0.1) is 25.8 Å². The van der Waals surface area contributed by atoms with E-state index >= 15 is 0 Å². The summed E-state index contributed by atoms with van der Waals surface area (Å²) in [5.74, 6) is 2.46. The molecule has 2 saturated heterocycles. The van der Waals surface area contributed by atoms with E-state index in [1.54, 1.807) is 7.11 Å². The second-order valence-electron chi connectivity index (χ2n) is 9.41. The summed E-state index contributed by atoms with van der Waals surface area (Å²) in [6, 6.07) is 9.02. The summed E-state index contributed by atoms with van der Waals surface area (Å²) in [5.41, 5.74) is 1.36. The zero-order chi connectivity index (χ0) is 21.1. The van der Waals surface area contributed by atoms with Gasteiger partial charge in [0, 0.05) is 36.1 Å². The van der Waals surface area contributed by atoms with Gasteiger partial charge >= 0.3 is 0 Å². The van der Waals surface area contributed by atoms with Gasteiger partial charge in [-0.25, -0.2) is 0 Å². The van der Waals surface area contributed by atoms with Crippen LogP contribution in [0.1, 0.15) is 51.6 Å². The number of nitrogens with zero attached hydrogens (tertiary/aromatic N) is 2. The molecule has 1 aliphatic carbocycles. The van der Waals surface area contributed by atoms with E-state index in [1.165, 1.54) is 18.4 Å². The zero-order valence-corrected chi connectivity index (χ0v) is 19.0. The van der Waals surface area contributed by atoms with Crippen molar-refractivity contribution >= 4 is 5.96 Å². The molecule has 1 aromatic carbocycles. The molecule has 6 nitrogen and oxygen atoms in total. The van der Waals surface area contributed by atoms with Gasteiger partial charge in [0.25, 0.3) is 0 Å². The number of hydrogen-bond acceptors (Lipinski definition) is 4. The molecule has 166 valence electrons. The normalized spacial score (nSPS) is 29.2. The Hall–Kier alpha value is -1.79. The molecule has 2 aliphatic heterocycles. The van der Waals surface area contributed by atoms with Gasteiger partial charge in [-0.2, -0.15) is 0 Å². The summed E-state index contributed by atoms with van der Waals surface area (Å²) < 4.78 is 11.7. The van der Waals surface area contributed by atoms with E-state index in [2.05, 4.69) is 54.5 Å². The minimum atomic E-state index is 0.133. The molecule has 2 heterocycles. The van der Waals surface area contributed by atoms with Crippen LogP contribution in [0.25, 0.3) is 0 Å². The Morgan fingerprint density at radius 3 is 2.80 bits per heavy atom. The maximum atomic E-state index is 5.97. The first-order valence-electron chi connectivity index (χ1n) is 11.6. The summed E-state index contributed by atoms with van der Waals surface area (Å²) in [6.45, 7) is 11.4. The van der Waals surface area contributed by atoms with Crippen molar-refractivity contribution in [2.24, 2.45) is 16.3 Å². The monoisotopic (exact) mass is 414 g/mol. The molecule has 0 radical (unpaired) electrons. The van der Waals surface area contributed by atoms with Crippen molar-refractivity contribution in [2.75, 3.05) is 39.9 Å². The van der Waals surface area contributed by atoms with Crippen molar-refractivity contribution in [2.45, 2.75) is 58.2 Å². The molecule has 0 bridgehead atoms. The molecule has 1 saturated carbocycles. The van der Waals surface area contributed by atoms with Gasteiger partial charge in [0.2, 0.25) is 0 Å². The van der Waals surface area contributed by atoms with Crippen LogP contribution < -0.4 is 15.4 Å². The van der Waals surface area contributed by atoms with Crippen molar-refractivity contribution in [1.29, 1.82) is 0 Å². The van der Waals surface area contributed by atoms with E-state index < -0.39 is 0 Å². The molecule has 0 aromatic heterocycles. The van der Waals surface area contributed by atoms with Crippen LogP contribution >= 0.6 is 0 Å². The molecule has 1 aromatic rings. The van der Waals surface area contributed by atoms with Crippen LogP contribution in [0.2, 0.25) is 0 Å². The number of benzene rings is 1. The molecule has 2 N–H and O–H groups in total. The highest BCUT2D eigenvalue weighted by Gasteiger charge is 2.59. The number of hydrogen-bond donors (Lipinski definition) is 2. The summed E-state index contributed by atoms with van der Waals surface area (Å²) in [6.07, 6.45) is 4.03. The Morgan fingerprint density at radius 2 is 2.07 bits per heavy atom. The number of ether oxygens (including phenoxy) is 2. The van der Waals surface area contributed by atoms with Gasteiger partial charge in [0.15, 0.2) is 5.96 Å². The first-order valence-corrected chi connectivity index (χ1v) is 11.6. The van der Waals surface area contributed by atoms with Gasteiger partial charge in [-0.05, 0) is 45.3 Å². The Morgan fingerprint density at radius 1 is 1.30 bits per heavy atom. The van der Waals surface area contributed by atoms with Crippen LogP contribution in [0.3, 0.4) is 0 Å². The van der Waals surface area contributed by atoms with Crippen LogP contribution in [0.4, 0.5) is 0 Å². The minimum absolute atomic E-state index is 0.133. The molecule has 3 fully saturated rings.